The Morgan fingerprint density at radius 2 is 0.836 bits per heavy atom. The van der Waals surface area contributed by atoms with E-state index in [2.05, 4.69) is 120 Å². The highest BCUT2D eigenvalue weighted by atomic mass is 16.3. The first-order valence-electron chi connectivity index (χ1n) is 29.8. The number of nitrogens with zero attached hydrogens (tertiary/aromatic N) is 4. The second-order valence-electron chi connectivity index (χ2n) is 23.1. The van der Waals surface area contributed by atoms with E-state index in [4.69, 9.17) is 42.1 Å². The molecule has 0 bridgehead atoms. The summed E-state index contributed by atoms with van der Waals surface area (Å²) >= 11 is 0. The third kappa shape index (κ3) is 73.5. The number of likely N-dealkylation sites (N-methyl/N-ethyl adjacent to an activating group) is 2. The fourth-order valence-corrected chi connectivity index (χ4v) is 7.55. The first kappa shape index (κ1) is 83.8. The van der Waals surface area contributed by atoms with Gasteiger partial charge in [0.1, 0.15) is 0 Å². The molecule has 0 aliphatic rings. The molecule has 0 spiro atoms. The van der Waals surface area contributed by atoms with Gasteiger partial charge in [0.2, 0.25) is 0 Å². The van der Waals surface area contributed by atoms with Crippen LogP contribution in [0.1, 0.15) is 187 Å². The molecule has 0 aliphatic carbocycles. The van der Waals surface area contributed by atoms with Gasteiger partial charge in [0.25, 0.3) is 0 Å². The standard InChI is InChI=1S/C13H29N.C11H27N3.C10H24N2.C10H23NO2.C9H21NO2.C6H14O2/c1-5-7-9-13(6-2,11-14)10-8-12(3)4;1-11(2)5-8-14(9-6-12-3)10-7-13-4;1-10(2)6-4-8-12(3)9-5-7-11;1-10(2)4-3-5-11(6-8-12)7-9-13;1-9(2)3-4-10(5-7-11)6-8-12;1-5(2)3-6(8)4-7/h12H,5-11,14H2,1-4H3;11-13H,5-10H2,1-4H3;10H,4-9,11H2,1-3H3;10,12-13H,3-9H2,1-2H3;9,11-12H,3-8H2,1-2H3;5-8H,3-4H2,1-2H3. The molecule has 12 N–H and O–H groups in total. The van der Waals surface area contributed by atoms with Crippen molar-refractivity contribution in [2.75, 3.05) is 152 Å². The minimum Gasteiger partial charge on any atom is -0.395 e. The molecule has 0 aliphatic heterocycles. The number of hydrogen-bond donors (Lipinski definition) is 10. The number of hydrogen-bond acceptors (Lipinski definition) is 14. The van der Waals surface area contributed by atoms with Crippen LogP contribution in [0.25, 0.3) is 0 Å². The maximum atomic E-state index is 8.78. The van der Waals surface area contributed by atoms with Crippen LogP contribution in [0.15, 0.2) is 0 Å². The summed E-state index contributed by atoms with van der Waals surface area (Å²) in [6, 6.07) is 0. The Labute approximate surface area is 457 Å². The van der Waals surface area contributed by atoms with Gasteiger partial charge in [-0.15, -0.1) is 0 Å². The van der Waals surface area contributed by atoms with Crippen molar-refractivity contribution >= 4 is 0 Å². The number of unbranched alkanes of at least 4 members (excludes halogenated alkanes) is 1. The molecule has 0 aromatic carbocycles. The van der Waals surface area contributed by atoms with Crippen LogP contribution in [-0.4, -0.2) is 209 Å². The van der Waals surface area contributed by atoms with E-state index in [1.165, 1.54) is 77.3 Å². The SMILES string of the molecule is CC(C)CC(O)CO.CC(C)CCCN(C)CCCN.CC(C)CCCN(CCO)CCO.CC(C)CCN(CCO)CCO.CCCCC(CC)(CN)CCC(C)C.CNCCN(CCNC)CCC(C)C. The predicted molar refractivity (Wildman–Crippen MR) is 322 cm³/mol. The molecule has 0 aromatic heterocycles. The van der Waals surface area contributed by atoms with E-state index in [0.29, 0.717) is 49.9 Å². The van der Waals surface area contributed by atoms with Gasteiger partial charge in [-0.05, 0) is 179 Å². The highest BCUT2D eigenvalue weighted by molar-refractivity contribution is 4.79. The van der Waals surface area contributed by atoms with Crippen LogP contribution in [0.2, 0.25) is 0 Å². The third-order valence-electron chi connectivity index (χ3n) is 12.8. The second kappa shape index (κ2) is 64.0. The first-order valence-corrected chi connectivity index (χ1v) is 29.8. The number of aliphatic hydroxyl groups is 6. The molecule has 14 heteroatoms. The van der Waals surface area contributed by atoms with Gasteiger partial charge in [-0.1, -0.05) is 116 Å². The normalized spacial score (nSPS) is 12.7. The van der Waals surface area contributed by atoms with Crippen LogP contribution in [0, 0.1) is 40.9 Å². The smallest absolute Gasteiger partial charge is 0.0773 e. The Kier molecular flexibility index (Phi) is 73.4. The quantitative estimate of drug-likeness (QED) is 0.0282. The van der Waals surface area contributed by atoms with Crippen molar-refractivity contribution in [3.8, 4) is 0 Å². The Balaban J connectivity index is -0.000000186. The first-order chi connectivity index (χ1) is 34.5. The molecule has 0 radical (unpaired) electrons. The molecule has 14 nitrogen and oxygen atoms in total. The fourth-order valence-electron chi connectivity index (χ4n) is 7.55. The van der Waals surface area contributed by atoms with Crippen molar-refractivity contribution < 1.29 is 30.6 Å². The molecule has 2 unspecified atom stereocenters. The van der Waals surface area contributed by atoms with E-state index in [9.17, 15) is 0 Å². The monoisotopic (exact) mass is 1060 g/mol. The summed E-state index contributed by atoms with van der Waals surface area (Å²) in [6.45, 7) is 46.1. The predicted octanol–water partition coefficient (Wildman–Crippen LogP) is 7.86. The molecule has 2 atom stereocenters. The second-order valence-corrected chi connectivity index (χ2v) is 23.1. The molecule has 73 heavy (non-hydrogen) atoms. The molecule has 0 heterocycles. The van der Waals surface area contributed by atoms with Crippen LogP contribution >= 0.6 is 0 Å². The fraction of sp³-hybridized carbons (Fsp3) is 1.00. The third-order valence-corrected chi connectivity index (χ3v) is 12.8. The Hall–Kier alpha value is -0.560. The van der Waals surface area contributed by atoms with E-state index >= 15 is 0 Å². The Bertz CT molecular complexity index is 962. The van der Waals surface area contributed by atoms with E-state index in [1.54, 1.807) is 0 Å². The van der Waals surface area contributed by atoms with E-state index in [-0.39, 0.29) is 33.0 Å². The van der Waals surface area contributed by atoms with Gasteiger partial charge in [0.15, 0.2) is 0 Å². The zero-order valence-corrected chi connectivity index (χ0v) is 52.2. The zero-order chi connectivity index (χ0) is 57.3. The van der Waals surface area contributed by atoms with Crippen LogP contribution < -0.4 is 22.1 Å². The summed E-state index contributed by atoms with van der Waals surface area (Å²) in [4.78, 5) is 9.07. The Morgan fingerprint density at radius 3 is 1.14 bits per heavy atom. The highest BCUT2D eigenvalue weighted by Crippen LogP contribution is 2.34. The maximum absolute atomic E-state index is 8.78. The van der Waals surface area contributed by atoms with Crippen molar-refractivity contribution in [1.29, 1.82) is 0 Å². The van der Waals surface area contributed by atoms with Crippen LogP contribution in [0.3, 0.4) is 0 Å². The van der Waals surface area contributed by atoms with Gasteiger partial charge in [0, 0.05) is 52.4 Å². The van der Waals surface area contributed by atoms with Crippen molar-refractivity contribution in [3.05, 3.63) is 0 Å². The number of nitrogens with two attached hydrogens (primary N) is 2. The lowest BCUT2D eigenvalue weighted by Gasteiger charge is -2.32. The van der Waals surface area contributed by atoms with Crippen molar-refractivity contribution in [2.45, 2.75) is 193 Å². The maximum Gasteiger partial charge on any atom is 0.0773 e. The van der Waals surface area contributed by atoms with E-state index < -0.39 is 6.10 Å². The minimum absolute atomic E-state index is 0.113. The molecule has 0 amide bonds. The number of rotatable bonds is 42. The molecule has 0 saturated heterocycles. The summed E-state index contributed by atoms with van der Waals surface area (Å²) < 4.78 is 0. The average molecular weight is 1060 g/mol. The van der Waals surface area contributed by atoms with Crippen molar-refractivity contribution in [2.24, 2.45) is 52.4 Å². The van der Waals surface area contributed by atoms with Crippen molar-refractivity contribution in [3.63, 3.8) is 0 Å². The Morgan fingerprint density at radius 1 is 0.452 bits per heavy atom. The lowest BCUT2D eigenvalue weighted by molar-refractivity contribution is 0.0782. The molecule has 0 aromatic rings. The van der Waals surface area contributed by atoms with Gasteiger partial charge in [-0.25, -0.2) is 0 Å². The lowest BCUT2D eigenvalue weighted by Crippen LogP contribution is -2.36. The summed E-state index contributed by atoms with van der Waals surface area (Å²) in [5.74, 6) is 4.36. The minimum atomic E-state index is -0.519. The van der Waals surface area contributed by atoms with Gasteiger partial charge < -0.3 is 62.5 Å². The summed E-state index contributed by atoms with van der Waals surface area (Å²) in [7, 11) is 6.20. The summed E-state index contributed by atoms with van der Waals surface area (Å²) in [5.41, 5.74) is 11.8. The largest absolute Gasteiger partial charge is 0.395 e. The molecule has 450 valence electrons. The summed E-state index contributed by atoms with van der Waals surface area (Å²) in [6.07, 6.45) is 16.6. The average Bonchev–Trinajstić information content (AvgIpc) is 3.33. The molecule has 0 rings (SSSR count). The number of nitrogens with one attached hydrogen (secondary N) is 2. The van der Waals surface area contributed by atoms with Crippen LogP contribution in [-0.2, 0) is 0 Å². The molecule has 0 saturated carbocycles. The van der Waals surface area contributed by atoms with Crippen molar-refractivity contribution in [1.82, 2.24) is 30.2 Å². The topological polar surface area (TPSA) is 210 Å². The van der Waals surface area contributed by atoms with Gasteiger partial charge in [-0.3, -0.25) is 9.80 Å². The molecular formula is C59H138N8O6. The van der Waals surface area contributed by atoms with E-state index in [1.807, 2.05) is 27.9 Å². The van der Waals surface area contributed by atoms with E-state index in [0.717, 1.165) is 102 Å². The lowest BCUT2D eigenvalue weighted by atomic mass is 9.75. The highest BCUT2D eigenvalue weighted by Gasteiger charge is 2.25. The van der Waals surface area contributed by atoms with Crippen LogP contribution in [0.5, 0.6) is 0 Å². The van der Waals surface area contributed by atoms with Crippen LogP contribution in [0.4, 0.5) is 0 Å². The number of aliphatic hydroxyl groups excluding tert-OH is 6. The van der Waals surface area contributed by atoms with Gasteiger partial charge >= 0.3 is 0 Å². The molecular weight excluding hydrogens is 917 g/mol. The molecule has 0 fully saturated rings. The summed E-state index contributed by atoms with van der Waals surface area (Å²) in [5, 5.41) is 58.4. The van der Waals surface area contributed by atoms with Gasteiger partial charge in [0.05, 0.1) is 39.1 Å². The zero-order valence-electron chi connectivity index (χ0n) is 52.2. The van der Waals surface area contributed by atoms with Gasteiger partial charge in [-0.2, -0.15) is 0 Å².